The molecule has 0 aliphatic carbocycles. The first kappa shape index (κ1) is 13.0. The van der Waals surface area contributed by atoms with Crippen LogP contribution in [0.25, 0.3) is 4.85 Å². The summed E-state index contributed by atoms with van der Waals surface area (Å²) in [4.78, 5) is 16.4. The molecule has 0 saturated heterocycles. The summed E-state index contributed by atoms with van der Waals surface area (Å²) in [6.45, 7) is 12.5. The number of hydrogen-bond donors (Lipinski definition) is 0. The number of hydrogen-bond acceptors (Lipinski definition) is 1. The molecule has 3 nitrogen and oxygen atoms in total. The molecule has 0 aliphatic rings. The topological polar surface area (TPSA) is 24.7 Å². The molecule has 0 rings (SSSR count). The van der Waals surface area contributed by atoms with E-state index >= 15 is 0 Å². The van der Waals surface area contributed by atoms with Crippen molar-refractivity contribution in [2.75, 3.05) is 19.6 Å². The zero-order chi connectivity index (χ0) is 10.8. The van der Waals surface area contributed by atoms with Crippen LogP contribution in [-0.2, 0) is 4.79 Å². The summed E-state index contributed by atoms with van der Waals surface area (Å²) in [5.41, 5.74) is 0. The van der Waals surface area contributed by atoms with Crippen molar-refractivity contribution < 1.29 is 4.79 Å². The molecule has 0 radical (unpaired) electrons. The summed E-state index contributed by atoms with van der Waals surface area (Å²) in [5.74, 6) is -0.0121. The van der Waals surface area contributed by atoms with Crippen molar-refractivity contribution in [2.24, 2.45) is 0 Å². The van der Waals surface area contributed by atoms with Crippen molar-refractivity contribution in [3.8, 4) is 0 Å². The predicted octanol–water partition coefficient (Wildman–Crippen LogP) is 2.33. The maximum absolute atomic E-state index is 11.5. The Morgan fingerprint density at radius 3 is 2.07 bits per heavy atom. The van der Waals surface area contributed by atoms with E-state index in [0.717, 1.165) is 38.8 Å². The van der Waals surface area contributed by atoms with Gasteiger partial charge in [-0.15, -0.1) is 0 Å². The van der Waals surface area contributed by atoms with Gasteiger partial charge in [0.25, 0.3) is 6.54 Å². The minimum atomic E-state index is -0.0121. The average Bonchev–Trinajstić information content (AvgIpc) is 2.18. The molecular formula is C11H20N2O. The second-order valence-electron chi connectivity index (χ2n) is 3.40. The first-order valence-corrected chi connectivity index (χ1v) is 5.37. The summed E-state index contributed by atoms with van der Waals surface area (Å²) < 4.78 is 0. The maximum Gasteiger partial charge on any atom is 0.302 e. The van der Waals surface area contributed by atoms with Crippen molar-refractivity contribution in [3.05, 3.63) is 11.4 Å². The number of carbonyl (C=O) groups excluding carboxylic acids is 1. The van der Waals surface area contributed by atoms with E-state index in [4.69, 9.17) is 6.57 Å². The Morgan fingerprint density at radius 2 is 1.71 bits per heavy atom. The molecule has 0 aromatic carbocycles. The lowest BCUT2D eigenvalue weighted by molar-refractivity contribution is -0.129. The zero-order valence-corrected chi connectivity index (χ0v) is 9.25. The minimum absolute atomic E-state index is 0.00737. The van der Waals surface area contributed by atoms with E-state index in [1.54, 1.807) is 0 Å². The molecule has 14 heavy (non-hydrogen) atoms. The molecule has 0 atom stereocenters. The highest BCUT2D eigenvalue weighted by Gasteiger charge is 2.13. The lowest BCUT2D eigenvalue weighted by atomic mass is 10.2. The predicted molar refractivity (Wildman–Crippen MR) is 57.9 cm³/mol. The van der Waals surface area contributed by atoms with Crippen LogP contribution in [0.5, 0.6) is 0 Å². The number of rotatable bonds is 7. The fraction of sp³-hybridized carbons (Fsp3) is 0.818. The van der Waals surface area contributed by atoms with E-state index in [2.05, 4.69) is 18.7 Å². The molecule has 3 heteroatoms. The van der Waals surface area contributed by atoms with Crippen molar-refractivity contribution in [3.63, 3.8) is 0 Å². The number of nitrogens with zero attached hydrogens (tertiary/aromatic N) is 2. The summed E-state index contributed by atoms with van der Waals surface area (Å²) in [6.07, 6.45) is 4.25. The zero-order valence-electron chi connectivity index (χ0n) is 9.25. The first-order valence-electron chi connectivity index (χ1n) is 5.37. The van der Waals surface area contributed by atoms with E-state index < -0.39 is 0 Å². The average molecular weight is 196 g/mol. The van der Waals surface area contributed by atoms with E-state index in [9.17, 15) is 4.79 Å². The van der Waals surface area contributed by atoms with Crippen LogP contribution < -0.4 is 0 Å². The Balaban J connectivity index is 3.95. The highest BCUT2D eigenvalue weighted by Crippen LogP contribution is 2.00. The molecule has 0 saturated carbocycles. The van der Waals surface area contributed by atoms with Crippen molar-refractivity contribution in [2.45, 2.75) is 39.5 Å². The first-order chi connectivity index (χ1) is 6.76. The molecule has 0 unspecified atom stereocenters. The van der Waals surface area contributed by atoms with E-state index in [1.807, 2.05) is 4.90 Å². The quantitative estimate of drug-likeness (QED) is 0.573. The monoisotopic (exact) mass is 196 g/mol. The third-order valence-electron chi connectivity index (χ3n) is 2.13. The molecule has 80 valence electrons. The van der Waals surface area contributed by atoms with Gasteiger partial charge in [0.2, 0.25) is 0 Å². The van der Waals surface area contributed by atoms with Crippen molar-refractivity contribution in [1.29, 1.82) is 0 Å². The van der Waals surface area contributed by atoms with Crippen LogP contribution in [0, 0.1) is 6.57 Å². The van der Waals surface area contributed by atoms with Gasteiger partial charge in [-0.25, -0.2) is 6.57 Å². The van der Waals surface area contributed by atoms with Gasteiger partial charge < -0.3 is 9.74 Å². The molecule has 1 amide bonds. The second kappa shape index (κ2) is 8.55. The van der Waals surface area contributed by atoms with E-state index in [1.165, 1.54) is 0 Å². The van der Waals surface area contributed by atoms with Gasteiger partial charge in [-0.1, -0.05) is 26.7 Å². The summed E-state index contributed by atoms with van der Waals surface area (Å²) in [6, 6.07) is 0. The fourth-order valence-electron chi connectivity index (χ4n) is 1.23. The van der Waals surface area contributed by atoms with Crippen LogP contribution in [0.2, 0.25) is 0 Å². The Kier molecular flexibility index (Phi) is 7.92. The van der Waals surface area contributed by atoms with Crippen LogP contribution in [0.3, 0.4) is 0 Å². The van der Waals surface area contributed by atoms with Gasteiger partial charge in [0.15, 0.2) is 0 Å². The summed E-state index contributed by atoms with van der Waals surface area (Å²) >= 11 is 0. The third kappa shape index (κ3) is 5.58. The van der Waals surface area contributed by atoms with Crippen LogP contribution in [0.1, 0.15) is 39.5 Å². The lowest BCUT2D eigenvalue weighted by Gasteiger charge is -2.19. The molecule has 0 aromatic heterocycles. The largest absolute Gasteiger partial charge is 0.336 e. The smallest absolute Gasteiger partial charge is 0.302 e. The van der Waals surface area contributed by atoms with E-state index in [0.29, 0.717) is 0 Å². The molecule has 0 fully saturated rings. The van der Waals surface area contributed by atoms with Gasteiger partial charge >= 0.3 is 5.91 Å². The molecule has 0 heterocycles. The fourth-order valence-corrected chi connectivity index (χ4v) is 1.23. The van der Waals surface area contributed by atoms with Crippen LogP contribution in [0.4, 0.5) is 0 Å². The minimum Gasteiger partial charge on any atom is -0.336 e. The molecular weight excluding hydrogens is 176 g/mol. The van der Waals surface area contributed by atoms with E-state index in [-0.39, 0.29) is 12.5 Å². The second-order valence-corrected chi connectivity index (χ2v) is 3.40. The highest BCUT2D eigenvalue weighted by atomic mass is 16.2. The highest BCUT2D eigenvalue weighted by molar-refractivity contribution is 5.79. The Bertz CT molecular complexity index is 188. The van der Waals surface area contributed by atoms with Crippen LogP contribution >= 0.6 is 0 Å². The number of carbonyl (C=O) groups is 1. The van der Waals surface area contributed by atoms with Crippen LogP contribution in [0.15, 0.2) is 0 Å². The Morgan fingerprint density at radius 1 is 1.21 bits per heavy atom. The van der Waals surface area contributed by atoms with Gasteiger partial charge in [-0.05, 0) is 12.8 Å². The Hall–Kier alpha value is -1.04. The molecule has 0 N–H and O–H groups in total. The van der Waals surface area contributed by atoms with Gasteiger partial charge in [0.05, 0.1) is 0 Å². The number of unbranched alkanes of at least 4 members (excludes halogenated alkanes) is 2. The lowest BCUT2D eigenvalue weighted by Crippen LogP contribution is -2.34. The third-order valence-corrected chi connectivity index (χ3v) is 2.13. The van der Waals surface area contributed by atoms with Gasteiger partial charge in [0.1, 0.15) is 0 Å². The van der Waals surface area contributed by atoms with Crippen molar-refractivity contribution in [1.82, 2.24) is 4.90 Å². The van der Waals surface area contributed by atoms with Gasteiger partial charge in [-0.2, -0.15) is 0 Å². The van der Waals surface area contributed by atoms with Crippen LogP contribution in [-0.4, -0.2) is 30.4 Å². The van der Waals surface area contributed by atoms with Gasteiger partial charge in [0, 0.05) is 13.1 Å². The van der Waals surface area contributed by atoms with Gasteiger partial charge in [-0.3, -0.25) is 4.79 Å². The normalized spacial score (nSPS) is 9.50. The molecule has 0 aromatic rings. The maximum atomic E-state index is 11.5. The van der Waals surface area contributed by atoms with Crippen molar-refractivity contribution >= 4 is 5.91 Å². The molecule has 0 bridgehead atoms. The molecule has 0 aliphatic heterocycles. The number of amides is 1. The standard InChI is InChI=1S/C11H20N2O/c1-4-6-8-13(9-7-5-2)11(14)10-12-3/h4-10H2,1-2H3. The summed E-state index contributed by atoms with van der Waals surface area (Å²) in [5, 5.41) is 0. The molecule has 0 spiro atoms. The Labute approximate surface area is 86.9 Å². The summed E-state index contributed by atoms with van der Waals surface area (Å²) in [7, 11) is 0. The SMILES string of the molecule is [C-]#[N+]CC(=O)N(CCCC)CCCC.